The van der Waals surface area contributed by atoms with Gasteiger partial charge in [0.1, 0.15) is 5.75 Å². The molecule has 22 heavy (non-hydrogen) atoms. The number of aromatic nitrogens is 2. The normalized spacial score (nSPS) is 30.8. The number of nitrogens with one attached hydrogen (secondary N) is 1. The predicted molar refractivity (Wildman–Crippen MR) is 85.9 cm³/mol. The average Bonchev–Trinajstić information content (AvgIpc) is 2.83. The van der Waals surface area contributed by atoms with Crippen molar-refractivity contribution >= 4 is 19.0 Å². The van der Waals surface area contributed by atoms with Crippen LogP contribution in [-0.2, 0) is 6.54 Å². The summed E-state index contributed by atoms with van der Waals surface area (Å²) < 4.78 is 7.83. The molecule has 0 amide bonds. The van der Waals surface area contributed by atoms with Gasteiger partial charge in [0.15, 0.2) is 0 Å². The third-order valence-electron chi connectivity index (χ3n) is 5.55. The van der Waals surface area contributed by atoms with Crippen molar-refractivity contribution in [2.75, 3.05) is 26.7 Å². The second-order valence-corrected chi connectivity index (χ2v) is 6.87. The Kier molecular flexibility index (Phi) is 3.11. The van der Waals surface area contributed by atoms with Crippen LogP contribution in [0.4, 0.5) is 0 Å². The second kappa shape index (κ2) is 4.91. The third kappa shape index (κ3) is 2.17. The summed E-state index contributed by atoms with van der Waals surface area (Å²) in [6.45, 7) is 3.89. The molecule has 5 rings (SSSR count). The van der Waals surface area contributed by atoms with Crippen LogP contribution in [0, 0.1) is 11.8 Å². The van der Waals surface area contributed by atoms with Gasteiger partial charge in [0.2, 0.25) is 0 Å². The Morgan fingerprint density at radius 1 is 1.41 bits per heavy atom. The SMILES string of the molecule is [B][N+]12CCC(CC1)C(Cn1c(=O)[nH]c3ccc(OC)cc31)C2. The molecule has 6 heteroatoms. The first-order valence-corrected chi connectivity index (χ1v) is 7.99. The van der Waals surface area contributed by atoms with Gasteiger partial charge < -0.3 is 14.1 Å². The number of methoxy groups -OCH3 is 1. The van der Waals surface area contributed by atoms with Crippen molar-refractivity contribution in [1.29, 1.82) is 0 Å². The number of imidazole rings is 1. The fourth-order valence-corrected chi connectivity index (χ4v) is 4.25. The van der Waals surface area contributed by atoms with Gasteiger partial charge in [-0.3, -0.25) is 4.57 Å². The first-order chi connectivity index (χ1) is 10.6. The minimum Gasteiger partial charge on any atom is -0.497 e. The summed E-state index contributed by atoms with van der Waals surface area (Å²) in [7, 11) is 8.08. The van der Waals surface area contributed by atoms with Crippen LogP contribution in [0.5, 0.6) is 5.75 Å². The lowest BCUT2D eigenvalue weighted by Gasteiger charge is -2.51. The van der Waals surface area contributed by atoms with Crippen molar-refractivity contribution < 1.29 is 9.13 Å². The van der Waals surface area contributed by atoms with E-state index in [4.69, 9.17) is 12.7 Å². The van der Waals surface area contributed by atoms with Crippen LogP contribution in [0.3, 0.4) is 0 Å². The lowest BCUT2D eigenvalue weighted by Crippen LogP contribution is -2.61. The molecular weight excluding hydrogens is 277 g/mol. The number of nitrogens with zero attached hydrogens (tertiary/aromatic N) is 2. The molecule has 1 atom stereocenters. The number of H-pyrrole nitrogens is 1. The van der Waals surface area contributed by atoms with E-state index in [9.17, 15) is 4.79 Å². The number of benzene rings is 1. The number of aromatic amines is 1. The zero-order valence-corrected chi connectivity index (χ0v) is 12.9. The number of hydrogen-bond donors (Lipinski definition) is 1. The smallest absolute Gasteiger partial charge is 0.481 e. The van der Waals surface area contributed by atoms with Gasteiger partial charge >= 0.3 is 13.7 Å². The molecule has 2 aromatic rings. The molecule has 1 unspecified atom stereocenters. The maximum Gasteiger partial charge on any atom is 0.481 e. The topological polar surface area (TPSA) is 47.0 Å². The number of piperidine rings is 3. The largest absolute Gasteiger partial charge is 0.497 e. The first-order valence-electron chi connectivity index (χ1n) is 7.99. The molecule has 114 valence electrons. The average molecular weight is 298 g/mol. The maximum absolute atomic E-state index is 12.3. The molecule has 3 saturated heterocycles. The van der Waals surface area contributed by atoms with E-state index in [2.05, 4.69) is 4.98 Å². The van der Waals surface area contributed by atoms with Crippen LogP contribution >= 0.6 is 0 Å². The van der Waals surface area contributed by atoms with Gasteiger partial charge in [-0.25, -0.2) is 4.79 Å². The van der Waals surface area contributed by atoms with Crippen molar-refractivity contribution in [3.05, 3.63) is 28.7 Å². The number of quaternary nitrogens is 1. The highest BCUT2D eigenvalue weighted by Crippen LogP contribution is 2.37. The molecule has 4 heterocycles. The Hall–Kier alpha value is -1.69. The highest BCUT2D eigenvalue weighted by molar-refractivity contribution is 5.97. The van der Waals surface area contributed by atoms with Crippen LogP contribution < -0.4 is 10.4 Å². The van der Waals surface area contributed by atoms with Crippen LogP contribution in [-0.4, -0.2) is 48.7 Å². The Balaban J connectivity index is 1.69. The van der Waals surface area contributed by atoms with Gasteiger partial charge in [0.25, 0.3) is 0 Å². The van der Waals surface area contributed by atoms with E-state index in [-0.39, 0.29) is 5.69 Å². The Morgan fingerprint density at radius 2 is 2.18 bits per heavy atom. The molecule has 0 saturated carbocycles. The molecule has 3 aliphatic heterocycles. The summed E-state index contributed by atoms with van der Waals surface area (Å²) in [5.74, 6) is 1.96. The van der Waals surface area contributed by atoms with Crippen LogP contribution in [0.1, 0.15) is 12.8 Å². The fraction of sp³-hybridized carbons (Fsp3) is 0.562. The first kappa shape index (κ1) is 13.9. The minimum atomic E-state index is -0.0386. The summed E-state index contributed by atoms with van der Waals surface area (Å²) >= 11 is 0. The quantitative estimate of drug-likeness (QED) is 0.868. The highest BCUT2D eigenvalue weighted by Gasteiger charge is 2.43. The summed E-state index contributed by atoms with van der Waals surface area (Å²) in [4.78, 5) is 15.3. The van der Waals surface area contributed by atoms with E-state index in [0.717, 1.165) is 43.0 Å². The van der Waals surface area contributed by atoms with E-state index in [1.807, 2.05) is 22.8 Å². The third-order valence-corrected chi connectivity index (χ3v) is 5.55. The standard InChI is InChI=1S/C16H21BN3O2/c1-22-13-2-3-14-15(8-13)19(16(21)18-14)9-12-10-20(17)6-4-11(12)5-7-20/h2-3,8,11-12H,4-7,9-10H2,1H3,(H,18,21)/q+1. The highest BCUT2D eigenvalue weighted by atomic mass is 16.5. The monoisotopic (exact) mass is 298 g/mol. The summed E-state index contributed by atoms with van der Waals surface area (Å²) in [5, 5.41) is 0. The number of rotatable bonds is 3. The van der Waals surface area contributed by atoms with Gasteiger partial charge in [-0.1, -0.05) is 0 Å². The van der Waals surface area contributed by atoms with Crippen LogP contribution in [0.15, 0.2) is 23.0 Å². The maximum atomic E-state index is 12.3. The molecule has 0 spiro atoms. The van der Waals surface area contributed by atoms with E-state index in [0.29, 0.717) is 16.2 Å². The molecular formula is C16H21BN3O2+. The predicted octanol–water partition coefficient (Wildman–Crippen LogP) is 1.28. The summed E-state index contributed by atoms with van der Waals surface area (Å²) in [6, 6.07) is 5.71. The van der Waals surface area contributed by atoms with Crippen molar-refractivity contribution in [3.63, 3.8) is 0 Å². The lowest BCUT2D eigenvalue weighted by molar-refractivity contribution is -0.841. The van der Waals surface area contributed by atoms with E-state index in [1.54, 1.807) is 7.11 Å². The number of hydrogen-bond acceptors (Lipinski definition) is 2. The van der Waals surface area contributed by atoms with Gasteiger partial charge in [0, 0.05) is 18.5 Å². The van der Waals surface area contributed by atoms with Crippen LogP contribution in [0.25, 0.3) is 11.0 Å². The van der Waals surface area contributed by atoms with Crippen LogP contribution in [0.2, 0.25) is 0 Å². The lowest BCUT2D eigenvalue weighted by atomic mass is 9.75. The zero-order valence-electron chi connectivity index (χ0n) is 12.9. The fourth-order valence-electron chi connectivity index (χ4n) is 4.25. The Bertz CT molecular complexity index is 758. The van der Waals surface area contributed by atoms with Crippen molar-refractivity contribution in [1.82, 2.24) is 9.55 Å². The molecule has 1 N–H and O–H groups in total. The molecule has 3 fully saturated rings. The van der Waals surface area contributed by atoms with Gasteiger partial charge in [0.05, 0.1) is 37.8 Å². The van der Waals surface area contributed by atoms with E-state index in [1.165, 1.54) is 12.8 Å². The molecule has 5 nitrogen and oxygen atoms in total. The van der Waals surface area contributed by atoms with E-state index >= 15 is 0 Å². The van der Waals surface area contributed by atoms with Gasteiger partial charge in [-0.05, 0) is 30.9 Å². The molecule has 0 aliphatic carbocycles. The summed E-state index contributed by atoms with van der Waals surface area (Å²) in [5.41, 5.74) is 1.75. The Labute approximate surface area is 130 Å². The zero-order chi connectivity index (χ0) is 15.3. The number of ether oxygens (including phenoxy) is 1. The number of fused-ring (bicyclic) bond motifs is 4. The molecule has 2 radical (unpaired) electrons. The van der Waals surface area contributed by atoms with Crippen molar-refractivity contribution in [3.8, 4) is 5.75 Å². The second-order valence-electron chi connectivity index (χ2n) is 6.87. The molecule has 2 bridgehead atoms. The minimum absolute atomic E-state index is 0.0386. The molecule has 1 aromatic carbocycles. The van der Waals surface area contributed by atoms with Gasteiger partial charge in [-0.2, -0.15) is 0 Å². The molecule has 1 aromatic heterocycles. The van der Waals surface area contributed by atoms with E-state index < -0.39 is 0 Å². The van der Waals surface area contributed by atoms with Crippen molar-refractivity contribution in [2.45, 2.75) is 19.4 Å². The molecule has 3 aliphatic rings. The Morgan fingerprint density at radius 3 is 2.86 bits per heavy atom. The van der Waals surface area contributed by atoms with Crippen molar-refractivity contribution in [2.24, 2.45) is 11.8 Å². The van der Waals surface area contributed by atoms with Gasteiger partial charge in [-0.15, -0.1) is 0 Å². The summed E-state index contributed by atoms with van der Waals surface area (Å²) in [6.07, 6.45) is 2.36.